The zero-order chi connectivity index (χ0) is 23.3. The van der Waals surface area contributed by atoms with Crippen LogP contribution in [0.3, 0.4) is 0 Å². The smallest absolute Gasteiger partial charge is 0.255 e. The predicted octanol–water partition coefficient (Wildman–Crippen LogP) is 5.02. The first kappa shape index (κ1) is 22.5. The van der Waals surface area contributed by atoms with Gasteiger partial charge in [-0.3, -0.25) is 9.69 Å². The summed E-state index contributed by atoms with van der Waals surface area (Å²) >= 11 is 2.01. The van der Waals surface area contributed by atoms with Gasteiger partial charge in [0, 0.05) is 54.8 Å². The molecule has 0 aliphatic carbocycles. The molecule has 7 heteroatoms. The van der Waals surface area contributed by atoms with Gasteiger partial charge in [-0.25, -0.2) is 4.98 Å². The average molecular weight is 473 g/mol. The Hall–Kier alpha value is -3.29. The molecule has 0 unspecified atom stereocenters. The second-order valence-electron chi connectivity index (χ2n) is 8.56. The van der Waals surface area contributed by atoms with E-state index in [0.717, 1.165) is 36.7 Å². The number of thioether (sulfide) groups is 1. The van der Waals surface area contributed by atoms with E-state index in [1.165, 1.54) is 22.6 Å². The number of nitrogens with zero attached hydrogens (tertiary/aromatic N) is 3. The number of pyridine rings is 1. The van der Waals surface area contributed by atoms with Crippen molar-refractivity contribution >= 4 is 29.0 Å². The Morgan fingerprint density at radius 3 is 2.71 bits per heavy atom. The van der Waals surface area contributed by atoms with E-state index in [-0.39, 0.29) is 5.91 Å². The van der Waals surface area contributed by atoms with Crippen molar-refractivity contribution < 1.29 is 9.53 Å². The molecular weight excluding hydrogens is 444 g/mol. The van der Waals surface area contributed by atoms with Gasteiger partial charge in [0.05, 0.1) is 5.69 Å². The molecule has 6 nitrogen and oxygen atoms in total. The van der Waals surface area contributed by atoms with Crippen LogP contribution in [0, 0.1) is 6.92 Å². The lowest BCUT2D eigenvalue weighted by Crippen LogP contribution is -2.31. The molecule has 0 radical (unpaired) electrons. The number of nitrogens with one attached hydrogen (secondary N) is 1. The fraction of sp³-hybridized carbons (Fsp3) is 0.259. The number of ether oxygens (including phenoxy) is 1. The van der Waals surface area contributed by atoms with Crippen molar-refractivity contribution in [2.24, 2.45) is 0 Å². The van der Waals surface area contributed by atoms with Crippen molar-refractivity contribution in [1.29, 1.82) is 0 Å². The molecule has 0 saturated carbocycles. The fourth-order valence-corrected chi connectivity index (χ4v) is 5.03. The third-order valence-electron chi connectivity index (χ3n) is 5.85. The topological polar surface area (TPSA) is 58.9 Å². The van der Waals surface area contributed by atoms with E-state index in [0.29, 0.717) is 17.9 Å². The number of benzene rings is 2. The van der Waals surface area contributed by atoms with Crippen molar-refractivity contribution in [3.63, 3.8) is 0 Å². The lowest BCUT2D eigenvalue weighted by molar-refractivity contribution is 0.102. The highest BCUT2D eigenvalue weighted by Crippen LogP contribution is 2.19. The third kappa shape index (κ3) is 5.61. The van der Waals surface area contributed by atoms with Gasteiger partial charge in [0.15, 0.2) is 0 Å². The number of carbonyl (C=O) groups excluding carboxylic acids is 1. The number of carbonyl (C=O) groups is 1. The SMILES string of the molecule is Cc1ccc2nc(COc3ccc(C(=O)Nc4cccc(CN5CCSCC5)c4)cc3)cn2c1. The Balaban J connectivity index is 1.17. The van der Waals surface area contributed by atoms with Crippen LogP contribution in [0.2, 0.25) is 0 Å². The Bertz CT molecular complexity index is 1280. The Morgan fingerprint density at radius 1 is 1.06 bits per heavy atom. The number of hydrogen-bond acceptors (Lipinski definition) is 5. The van der Waals surface area contributed by atoms with Gasteiger partial charge in [-0.05, 0) is 60.5 Å². The van der Waals surface area contributed by atoms with Gasteiger partial charge < -0.3 is 14.5 Å². The molecule has 2 aromatic carbocycles. The van der Waals surface area contributed by atoms with Gasteiger partial charge in [-0.2, -0.15) is 11.8 Å². The number of anilines is 1. The number of hydrogen-bond donors (Lipinski definition) is 1. The number of aromatic nitrogens is 2. The van der Waals surface area contributed by atoms with Crippen molar-refractivity contribution in [1.82, 2.24) is 14.3 Å². The molecule has 174 valence electrons. The summed E-state index contributed by atoms with van der Waals surface area (Å²) in [5.41, 5.74) is 5.56. The molecule has 1 N–H and O–H groups in total. The van der Waals surface area contributed by atoms with Crippen LogP contribution >= 0.6 is 11.8 Å². The molecule has 34 heavy (non-hydrogen) atoms. The van der Waals surface area contributed by atoms with Gasteiger partial charge >= 0.3 is 0 Å². The molecule has 0 atom stereocenters. The van der Waals surface area contributed by atoms with E-state index in [1.54, 1.807) is 12.1 Å². The quantitative estimate of drug-likeness (QED) is 0.409. The summed E-state index contributed by atoms with van der Waals surface area (Å²) in [6.45, 7) is 5.58. The number of aryl methyl sites for hydroxylation is 1. The number of rotatable bonds is 7. The Labute approximate surface area is 204 Å². The fourth-order valence-electron chi connectivity index (χ4n) is 4.05. The van der Waals surface area contributed by atoms with E-state index in [4.69, 9.17) is 4.74 Å². The number of fused-ring (bicyclic) bond motifs is 1. The second-order valence-corrected chi connectivity index (χ2v) is 9.78. The highest BCUT2D eigenvalue weighted by atomic mass is 32.2. The molecule has 5 rings (SSSR count). The van der Waals surface area contributed by atoms with Crippen LogP contribution in [-0.4, -0.2) is 44.8 Å². The maximum Gasteiger partial charge on any atom is 0.255 e. The highest BCUT2D eigenvalue weighted by molar-refractivity contribution is 7.99. The molecular formula is C27H28N4O2S. The van der Waals surface area contributed by atoms with Crippen LogP contribution < -0.4 is 10.1 Å². The number of imidazole rings is 1. The Morgan fingerprint density at radius 2 is 1.88 bits per heavy atom. The van der Waals surface area contributed by atoms with Crippen molar-refractivity contribution in [3.8, 4) is 5.75 Å². The lowest BCUT2D eigenvalue weighted by Gasteiger charge is -2.26. The zero-order valence-electron chi connectivity index (χ0n) is 19.2. The van der Waals surface area contributed by atoms with Crippen molar-refractivity contribution in [3.05, 3.63) is 95.4 Å². The van der Waals surface area contributed by atoms with E-state index >= 15 is 0 Å². The minimum absolute atomic E-state index is 0.131. The van der Waals surface area contributed by atoms with E-state index in [9.17, 15) is 4.79 Å². The summed E-state index contributed by atoms with van der Waals surface area (Å²) in [5.74, 6) is 2.95. The molecule has 0 bridgehead atoms. The maximum absolute atomic E-state index is 12.8. The van der Waals surface area contributed by atoms with Gasteiger partial charge in [0.25, 0.3) is 5.91 Å². The monoisotopic (exact) mass is 472 g/mol. The molecule has 1 amide bonds. The molecule has 1 aliphatic rings. The van der Waals surface area contributed by atoms with E-state index < -0.39 is 0 Å². The van der Waals surface area contributed by atoms with Gasteiger partial charge in [0.1, 0.15) is 18.0 Å². The summed E-state index contributed by atoms with van der Waals surface area (Å²) in [4.78, 5) is 19.8. The number of amides is 1. The summed E-state index contributed by atoms with van der Waals surface area (Å²) in [7, 11) is 0. The molecule has 0 spiro atoms. The first-order valence-corrected chi connectivity index (χ1v) is 12.7. The Kier molecular flexibility index (Phi) is 6.83. The summed E-state index contributed by atoms with van der Waals surface area (Å²) < 4.78 is 7.88. The minimum atomic E-state index is -0.131. The molecule has 1 aliphatic heterocycles. The predicted molar refractivity (Wildman–Crippen MR) is 138 cm³/mol. The summed E-state index contributed by atoms with van der Waals surface area (Å²) in [6.07, 6.45) is 4.02. The zero-order valence-corrected chi connectivity index (χ0v) is 20.1. The normalized spacial score (nSPS) is 14.3. The third-order valence-corrected chi connectivity index (χ3v) is 6.79. The molecule has 1 saturated heterocycles. The summed E-state index contributed by atoms with van der Waals surface area (Å²) in [5, 5.41) is 3.02. The van der Waals surface area contributed by atoms with Crippen molar-refractivity contribution in [2.75, 3.05) is 29.9 Å². The van der Waals surface area contributed by atoms with Gasteiger partial charge in [-0.15, -0.1) is 0 Å². The first-order chi connectivity index (χ1) is 16.6. The highest BCUT2D eigenvalue weighted by Gasteiger charge is 2.12. The van der Waals surface area contributed by atoms with Crippen LogP contribution in [0.15, 0.2) is 73.1 Å². The standard InChI is InChI=1S/C27H28N4O2S/c1-20-5-10-26-28-24(18-31(26)16-20)19-33-25-8-6-22(7-9-25)27(32)29-23-4-2-3-21(15-23)17-30-11-13-34-14-12-30/h2-10,15-16,18H,11-14,17,19H2,1H3,(H,29,32). The van der Waals surface area contributed by atoms with Crippen LogP contribution in [0.5, 0.6) is 5.75 Å². The minimum Gasteiger partial charge on any atom is -0.487 e. The maximum atomic E-state index is 12.8. The van der Waals surface area contributed by atoms with Crippen LogP contribution in [0.25, 0.3) is 5.65 Å². The van der Waals surface area contributed by atoms with Crippen molar-refractivity contribution in [2.45, 2.75) is 20.1 Å². The first-order valence-electron chi connectivity index (χ1n) is 11.5. The summed E-state index contributed by atoms with van der Waals surface area (Å²) in [6, 6.07) is 19.4. The van der Waals surface area contributed by atoms with Crippen LogP contribution in [0.1, 0.15) is 27.2 Å². The molecule has 3 heterocycles. The molecule has 2 aromatic heterocycles. The molecule has 4 aromatic rings. The largest absolute Gasteiger partial charge is 0.487 e. The van der Waals surface area contributed by atoms with Gasteiger partial charge in [0.2, 0.25) is 0 Å². The van der Waals surface area contributed by atoms with Crippen LogP contribution in [0.4, 0.5) is 5.69 Å². The average Bonchev–Trinajstić information content (AvgIpc) is 3.26. The van der Waals surface area contributed by atoms with Crippen LogP contribution in [-0.2, 0) is 13.2 Å². The lowest BCUT2D eigenvalue weighted by atomic mass is 10.1. The molecule has 1 fully saturated rings. The van der Waals surface area contributed by atoms with E-state index in [2.05, 4.69) is 34.3 Å². The van der Waals surface area contributed by atoms with E-state index in [1.807, 2.05) is 65.0 Å². The van der Waals surface area contributed by atoms with Gasteiger partial charge in [-0.1, -0.05) is 18.2 Å². The second kappa shape index (κ2) is 10.3.